The molecule has 4 rings (SSSR count). The molecule has 0 amide bonds. The Morgan fingerprint density at radius 1 is 1.00 bits per heavy atom. The van der Waals surface area contributed by atoms with E-state index in [1.165, 1.54) is 22.3 Å². The summed E-state index contributed by atoms with van der Waals surface area (Å²) in [4.78, 5) is 0.427. The average molecular weight is 456 g/mol. The summed E-state index contributed by atoms with van der Waals surface area (Å²) in [6, 6.07) is 12.1. The summed E-state index contributed by atoms with van der Waals surface area (Å²) >= 11 is 0. The van der Waals surface area contributed by atoms with E-state index in [1.807, 2.05) is 0 Å². The minimum Gasteiger partial charge on any atom is -0.317 e. The molecule has 2 N–H and O–H groups in total. The van der Waals surface area contributed by atoms with E-state index in [4.69, 9.17) is 0 Å². The maximum Gasteiger partial charge on any atom is 0.417 e. The molecule has 5 nitrogen and oxygen atoms in total. The molecule has 10 heteroatoms. The molecule has 0 aliphatic carbocycles. The molecule has 1 aromatic heterocycles. The quantitative estimate of drug-likeness (QED) is 0.618. The highest BCUT2D eigenvalue weighted by Crippen LogP contribution is 2.38. The Balaban J connectivity index is 1.84. The molecule has 1 fully saturated rings. The van der Waals surface area contributed by atoms with Crippen LogP contribution >= 0.6 is 0 Å². The number of halogens is 3. The lowest BCUT2D eigenvalue weighted by atomic mass is 10.1. The first-order chi connectivity index (χ1) is 14.4. The van der Waals surface area contributed by atoms with Crippen molar-refractivity contribution >= 4 is 32.9 Å². The Kier molecular flexibility index (Phi) is 6.10. The fourth-order valence-electron chi connectivity index (χ4n) is 3.54. The third-order valence-corrected chi connectivity index (χ3v) is 7.59. The maximum absolute atomic E-state index is 13.7. The third-order valence-electron chi connectivity index (χ3n) is 5.00. The topological polar surface area (TPSA) is 63.1 Å². The molecule has 1 saturated heterocycles. The number of piperidine rings is 1. The second kappa shape index (κ2) is 8.62. The Bertz CT molecular complexity index is 1090. The molecule has 30 heavy (non-hydrogen) atoms. The van der Waals surface area contributed by atoms with Gasteiger partial charge in [0.1, 0.15) is 11.0 Å². The van der Waals surface area contributed by atoms with Crippen molar-refractivity contribution in [1.29, 1.82) is 0 Å². The van der Waals surface area contributed by atoms with Gasteiger partial charge in [0.2, 0.25) is 0 Å². The molecule has 1 aliphatic heterocycles. The van der Waals surface area contributed by atoms with Crippen molar-refractivity contribution in [1.82, 2.24) is 14.0 Å². The van der Waals surface area contributed by atoms with Crippen LogP contribution in [0.3, 0.4) is 0 Å². The Labute approximate surface area is 176 Å². The van der Waals surface area contributed by atoms with Crippen LogP contribution in [0.4, 0.5) is 13.2 Å². The minimum atomic E-state index is -4.63. The zero-order chi connectivity index (χ0) is 21.3. The number of alkyl halides is 3. The van der Waals surface area contributed by atoms with E-state index in [-0.39, 0.29) is 21.8 Å². The maximum atomic E-state index is 13.7. The van der Waals surface area contributed by atoms with Gasteiger partial charge >= 0.3 is 6.18 Å². The number of hydrogen-bond donors (Lipinski definition) is 2. The van der Waals surface area contributed by atoms with Crippen LogP contribution in [0.5, 0.6) is 0 Å². The van der Waals surface area contributed by atoms with Crippen LogP contribution in [-0.4, -0.2) is 31.5 Å². The standard InChI is InChI=1S/C20H20F3N3O2S2/c21-20(22,23)16-7-4-8-17-19(16)18(29(27)25-14-9-11-24-12-10-14)13-26(17)30(28)15-5-2-1-3-6-15/h1-8,13-14,24-25H,9-12H2. The van der Waals surface area contributed by atoms with E-state index in [9.17, 15) is 21.6 Å². The first-order valence-corrected chi connectivity index (χ1v) is 11.7. The molecule has 2 aromatic carbocycles. The van der Waals surface area contributed by atoms with Crippen molar-refractivity contribution in [2.75, 3.05) is 13.1 Å². The van der Waals surface area contributed by atoms with E-state index in [1.54, 1.807) is 30.3 Å². The first kappa shape index (κ1) is 21.2. The van der Waals surface area contributed by atoms with Crippen LogP contribution in [-0.2, 0) is 28.1 Å². The molecule has 2 heterocycles. The molecule has 0 spiro atoms. The monoisotopic (exact) mass is 455 g/mol. The highest BCUT2D eigenvalue weighted by molar-refractivity contribution is 7.84. The van der Waals surface area contributed by atoms with E-state index in [2.05, 4.69) is 10.0 Å². The van der Waals surface area contributed by atoms with Crippen LogP contribution in [0, 0.1) is 0 Å². The van der Waals surface area contributed by atoms with Gasteiger partial charge in [-0.15, -0.1) is 0 Å². The fourth-order valence-corrected chi connectivity index (χ4v) is 6.02. The van der Waals surface area contributed by atoms with Gasteiger partial charge in [0, 0.05) is 17.6 Å². The van der Waals surface area contributed by atoms with Gasteiger partial charge in [-0.25, -0.2) is 13.1 Å². The van der Waals surface area contributed by atoms with Gasteiger partial charge < -0.3 is 5.32 Å². The molecule has 2 atom stereocenters. The van der Waals surface area contributed by atoms with Gasteiger partial charge in [-0.2, -0.15) is 13.2 Å². The van der Waals surface area contributed by atoms with Crippen molar-refractivity contribution in [3.8, 4) is 0 Å². The number of nitrogens with zero attached hydrogens (tertiary/aromatic N) is 1. The van der Waals surface area contributed by atoms with Crippen LogP contribution < -0.4 is 10.0 Å². The average Bonchev–Trinajstić information content (AvgIpc) is 3.14. The Morgan fingerprint density at radius 3 is 2.37 bits per heavy atom. The van der Waals surface area contributed by atoms with Crippen LogP contribution in [0.15, 0.2) is 64.5 Å². The molecule has 0 bridgehead atoms. The molecular weight excluding hydrogens is 435 g/mol. The van der Waals surface area contributed by atoms with E-state index >= 15 is 0 Å². The molecule has 160 valence electrons. The van der Waals surface area contributed by atoms with Crippen LogP contribution in [0.25, 0.3) is 10.9 Å². The second-order valence-electron chi connectivity index (χ2n) is 6.99. The van der Waals surface area contributed by atoms with Crippen molar-refractivity contribution in [2.24, 2.45) is 0 Å². The van der Waals surface area contributed by atoms with E-state index in [0.29, 0.717) is 4.90 Å². The van der Waals surface area contributed by atoms with Crippen LogP contribution in [0.1, 0.15) is 18.4 Å². The Morgan fingerprint density at radius 2 is 1.70 bits per heavy atom. The van der Waals surface area contributed by atoms with Gasteiger partial charge in [0.15, 0.2) is 11.0 Å². The predicted octanol–water partition coefficient (Wildman–Crippen LogP) is 3.60. The van der Waals surface area contributed by atoms with Gasteiger partial charge in [0.05, 0.1) is 20.9 Å². The van der Waals surface area contributed by atoms with Gasteiger partial charge in [0.25, 0.3) is 0 Å². The van der Waals surface area contributed by atoms with E-state index < -0.39 is 33.7 Å². The Hall–Kier alpha value is -2.01. The van der Waals surface area contributed by atoms with Crippen LogP contribution in [0.2, 0.25) is 0 Å². The SMILES string of the molecule is O=S(NC1CCNCC1)c1cn(S(=O)c2ccccc2)c2cccc(C(F)(F)F)c12. The number of nitrogens with one attached hydrogen (secondary N) is 2. The normalized spacial score (nSPS) is 17.8. The predicted molar refractivity (Wildman–Crippen MR) is 111 cm³/mol. The summed E-state index contributed by atoms with van der Waals surface area (Å²) in [5.74, 6) is 0. The molecule has 0 radical (unpaired) electrons. The summed E-state index contributed by atoms with van der Waals surface area (Å²) in [6.07, 6.45) is -1.86. The zero-order valence-corrected chi connectivity index (χ0v) is 17.4. The van der Waals surface area contributed by atoms with Gasteiger partial charge in [-0.3, -0.25) is 3.97 Å². The number of aromatic nitrogens is 1. The summed E-state index contributed by atoms with van der Waals surface area (Å²) in [5.41, 5.74) is -0.762. The van der Waals surface area contributed by atoms with Gasteiger partial charge in [-0.1, -0.05) is 24.3 Å². The van der Waals surface area contributed by atoms with Crippen molar-refractivity contribution in [2.45, 2.75) is 34.9 Å². The highest BCUT2D eigenvalue weighted by atomic mass is 32.2. The zero-order valence-electron chi connectivity index (χ0n) is 15.8. The van der Waals surface area contributed by atoms with E-state index in [0.717, 1.165) is 32.0 Å². The summed E-state index contributed by atoms with van der Waals surface area (Å²) in [6.45, 7) is 1.50. The lowest BCUT2D eigenvalue weighted by Crippen LogP contribution is -2.40. The smallest absolute Gasteiger partial charge is 0.317 e. The summed E-state index contributed by atoms with van der Waals surface area (Å²) < 4.78 is 71.6. The lowest BCUT2D eigenvalue weighted by Gasteiger charge is -2.23. The second-order valence-corrected chi connectivity index (χ2v) is 9.57. The molecule has 0 saturated carbocycles. The number of rotatable bonds is 5. The van der Waals surface area contributed by atoms with Gasteiger partial charge in [-0.05, 0) is 50.2 Å². The number of benzene rings is 2. The lowest BCUT2D eigenvalue weighted by molar-refractivity contribution is -0.136. The largest absolute Gasteiger partial charge is 0.417 e. The number of fused-ring (bicyclic) bond motifs is 1. The molecule has 1 aliphatic rings. The third kappa shape index (κ3) is 4.22. The molecule has 3 aromatic rings. The van der Waals surface area contributed by atoms with Crippen molar-refractivity contribution < 1.29 is 21.6 Å². The van der Waals surface area contributed by atoms with Crippen molar-refractivity contribution in [3.05, 3.63) is 60.3 Å². The first-order valence-electron chi connectivity index (χ1n) is 9.43. The fraction of sp³-hybridized carbons (Fsp3) is 0.300. The minimum absolute atomic E-state index is 0.0132. The van der Waals surface area contributed by atoms with Crippen molar-refractivity contribution in [3.63, 3.8) is 0 Å². The highest BCUT2D eigenvalue weighted by Gasteiger charge is 2.35. The summed E-state index contributed by atoms with van der Waals surface area (Å²) in [5, 5.41) is 3.01. The molecular formula is C20H20F3N3O2S2. The molecule has 2 unspecified atom stereocenters. The summed E-state index contributed by atoms with van der Waals surface area (Å²) in [7, 11) is -3.67. The number of hydrogen-bond acceptors (Lipinski definition) is 3.